The average Bonchev–Trinajstić information content (AvgIpc) is 3.62. The first-order chi connectivity index (χ1) is 28.2. The lowest BCUT2D eigenvalue weighted by atomic mass is 9.93. The van der Waals surface area contributed by atoms with E-state index in [1.54, 1.807) is 12.4 Å². The lowest BCUT2D eigenvalue weighted by Gasteiger charge is -2.14. The van der Waals surface area contributed by atoms with Crippen molar-refractivity contribution in [1.82, 2.24) is 14.5 Å². The van der Waals surface area contributed by atoms with Gasteiger partial charge in [-0.25, -0.2) is 0 Å². The molecule has 0 atom stereocenters. The molecule has 9 aromatic carbocycles. The van der Waals surface area contributed by atoms with E-state index < -0.39 is 0 Å². The second-order valence-electron chi connectivity index (χ2n) is 15.3. The zero-order valence-corrected chi connectivity index (χ0v) is 31.2. The van der Waals surface area contributed by atoms with E-state index in [1.807, 2.05) is 0 Å². The Morgan fingerprint density at radius 3 is 1.54 bits per heavy atom. The zero-order valence-electron chi connectivity index (χ0n) is 31.2. The predicted octanol–water partition coefficient (Wildman–Crippen LogP) is 14.1. The average molecular weight is 726 g/mol. The molecule has 0 bridgehead atoms. The fraction of sp³-hybridized carbons (Fsp3) is 0.0370. The zero-order chi connectivity index (χ0) is 37.5. The van der Waals surface area contributed by atoms with Crippen molar-refractivity contribution in [2.45, 2.75) is 12.8 Å². The van der Waals surface area contributed by atoms with Crippen LogP contribution in [0.1, 0.15) is 17.7 Å². The lowest BCUT2D eigenvalue weighted by Crippen LogP contribution is -2.02. The first-order valence-corrected chi connectivity index (χ1v) is 19.8. The van der Waals surface area contributed by atoms with Gasteiger partial charge >= 0.3 is 0 Å². The molecule has 57 heavy (non-hydrogen) atoms. The molecular formula is C54H35N3. The topological polar surface area (TPSA) is 30.7 Å². The standard InChI is InChI=1S/C54H35N3/c1-2-10-49-45(7-1)46-26-23-43(33-50(46)54-53(49)55-27-28-56-54)42-20-19-40-31-39(17-18-41(40)32-42)38-16-15-36-29-35(13-14-37(36)30-38)34-21-24-44(25-22-34)57-51-11-5-3-8-47(51)48-9-4-6-12-52(48)57/h1-5,7-11,13-33H,6,12H2. The van der Waals surface area contributed by atoms with E-state index in [9.17, 15) is 0 Å². The van der Waals surface area contributed by atoms with Crippen molar-refractivity contribution in [3.8, 4) is 39.1 Å². The van der Waals surface area contributed by atoms with Crippen molar-refractivity contribution < 1.29 is 0 Å². The van der Waals surface area contributed by atoms with Gasteiger partial charge in [0.2, 0.25) is 0 Å². The predicted molar refractivity (Wildman–Crippen MR) is 240 cm³/mol. The molecule has 12 rings (SSSR count). The molecule has 0 spiro atoms. The molecule has 0 saturated heterocycles. The van der Waals surface area contributed by atoms with Crippen LogP contribution in [0.4, 0.5) is 0 Å². The molecule has 11 aromatic rings. The Morgan fingerprint density at radius 2 is 0.895 bits per heavy atom. The highest BCUT2D eigenvalue weighted by molar-refractivity contribution is 6.23. The van der Waals surface area contributed by atoms with Gasteiger partial charge in [0.25, 0.3) is 0 Å². The summed E-state index contributed by atoms with van der Waals surface area (Å²) in [4.78, 5) is 9.52. The molecule has 0 saturated carbocycles. The minimum atomic E-state index is 0.942. The maximum absolute atomic E-state index is 4.78. The fourth-order valence-corrected chi connectivity index (χ4v) is 9.29. The normalized spacial score (nSPS) is 12.7. The van der Waals surface area contributed by atoms with Crippen LogP contribution in [0.15, 0.2) is 182 Å². The summed E-state index contributed by atoms with van der Waals surface area (Å²) >= 11 is 0. The van der Waals surface area contributed by atoms with Crippen molar-refractivity contribution in [1.29, 1.82) is 0 Å². The third-order valence-electron chi connectivity index (χ3n) is 12.1. The summed E-state index contributed by atoms with van der Waals surface area (Å²) in [6.07, 6.45) is 10.3. The fourth-order valence-electron chi connectivity index (χ4n) is 9.29. The Balaban J connectivity index is 0.839. The Labute approximate surface area is 329 Å². The molecule has 0 unspecified atom stereocenters. The van der Waals surface area contributed by atoms with E-state index >= 15 is 0 Å². The molecule has 3 heteroatoms. The largest absolute Gasteiger partial charge is 0.313 e. The van der Waals surface area contributed by atoms with Gasteiger partial charge in [-0.1, -0.05) is 127 Å². The minimum Gasteiger partial charge on any atom is -0.313 e. The smallest absolute Gasteiger partial charge is 0.0971 e. The van der Waals surface area contributed by atoms with E-state index in [0.29, 0.717) is 0 Å². The van der Waals surface area contributed by atoms with Gasteiger partial charge in [0, 0.05) is 45.5 Å². The molecule has 0 radical (unpaired) electrons. The molecular weight excluding hydrogens is 691 g/mol. The molecule has 0 N–H and O–H groups in total. The number of rotatable bonds is 4. The van der Waals surface area contributed by atoms with Gasteiger partial charge in [-0.3, -0.25) is 9.97 Å². The number of fused-ring (bicyclic) bond motifs is 11. The quantitative estimate of drug-likeness (QED) is 0.169. The lowest BCUT2D eigenvalue weighted by molar-refractivity contribution is 0.888. The summed E-state index contributed by atoms with van der Waals surface area (Å²) in [6, 6.07) is 60.4. The van der Waals surface area contributed by atoms with Gasteiger partial charge in [-0.2, -0.15) is 0 Å². The number of hydrogen-bond donors (Lipinski definition) is 0. The van der Waals surface area contributed by atoms with E-state index in [4.69, 9.17) is 9.97 Å². The number of allylic oxidation sites excluding steroid dienone is 1. The third kappa shape index (κ3) is 5.13. The molecule has 1 aliphatic carbocycles. The third-order valence-corrected chi connectivity index (χ3v) is 12.1. The van der Waals surface area contributed by atoms with Crippen molar-refractivity contribution in [3.63, 3.8) is 0 Å². The molecule has 2 heterocycles. The molecule has 0 fully saturated rings. The Morgan fingerprint density at radius 1 is 0.404 bits per heavy atom. The molecule has 266 valence electrons. The summed E-state index contributed by atoms with van der Waals surface area (Å²) in [7, 11) is 0. The van der Waals surface area contributed by atoms with Crippen LogP contribution < -0.4 is 0 Å². The Bertz CT molecular complexity index is 3420. The van der Waals surface area contributed by atoms with Crippen LogP contribution in [0.3, 0.4) is 0 Å². The molecule has 3 nitrogen and oxygen atoms in total. The highest BCUT2D eigenvalue weighted by Gasteiger charge is 2.18. The number of hydrogen-bond acceptors (Lipinski definition) is 2. The van der Waals surface area contributed by atoms with Crippen LogP contribution >= 0.6 is 0 Å². The van der Waals surface area contributed by atoms with E-state index in [2.05, 4.69) is 181 Å². The van der Waals surface area contributed by atoms with Gasteiger partial charge in [0.05, 0.1) is 16.6 Å². The van der Waals surface area contributed by atoms with E-state index in [1.165, 1.54) is 93.5 Å². The number of aromatic nitrogens is 3. The first-order valence-electron chi connectivity index (χ1n) is 19.8. The van der Waals surface area contributed by atoms with Crippen LogP contribution in [-0.2, 0) is 6.42 Å². The van der Waals surface area contributed by atoms with Crippen LogP contribution in [0, 0.1) is 0 Å². The molecule has 2 aromatic heterocycles. The maximum Gasteiger partial charge on any atom is 0.0971 e. The van der Waals surface area contributed by atoms with Crippen LogP contribution in [0.2, 0.25) is 0 Å². The first kappa shape index (κ1) is 31.9. The van der Waals surface area contributed by atoms with Crippen LogP contribution in [0.25, 0.3) is 110 Å². The maximum atomic E-state index is 4.78. The molecule has 0 amide bonds. The van der Waals surface area contributed by atoms with Crippen molar-refractivity contribution in [3.05, 3.63) is 194 Å². The van der Waals surface area contributed by atoms with Crippen LogP contribution in [-0.4, -0.2) is 14.5 Å². The van der Waals surface area contributed by atoms with Gasteiger partial charge in [0.15, 0.2) is 0 Å². The summed E-state index contributed by atoms with van der Waals surface area (Å²) in [5.41, 5.74) is 14.4. The molecule has 1 aliphatic rings. The Hall–Kier alpha value is -7.36. The monoisotopic (exact) mass is 725 g/mol. The highest BCUT2D eigenvalue weighted by atomic mass is 15.0. The summed E-state index contributed by atoms with van der Waals surface area (Å²) < 4.78 is 2.45. The number of para-hydroxylation sites is 1. The van der Waals surface area contributed by atoms with E-state index in [-0.39, 0.29) is 0 Å². The number of nitrogens with zero attached hydrogens (tertiary/aromatic N) is 3. The van der Waals surface area contributed by atoms with Gasteiger partial charge in [0.1, 0.15) is 0 Å². The molecule has 0 aliphatic heterocycles. The minimum absolute atomic E-state index is 0.942. The summed E-state index contributed by atoms with van der Waals surface area (Å²) in [6.45, 7) is 0. The van der Waals surface area contributed by atoms with Crippen molar-refractivity contribution >= 4 is 71.1 Å². The second-order valence-corrected chi connectivity index (χ2v) is 15.3. The van der Waals surface area contributed by atoms with E-state index in [0.717, 1.165) is 34.6 Å². The van der Waals surface area contributed by atoms with Crippen molar-refractivity contribution in [2.24, 2.45) is 0 Å². The SMILES string of the molecule is C1=Cc2c(n(-c3ccc(-c4ccc5cc(-c6ccc7cc(-c8ccc9c%10ccccc%10c%10nccnc%10c9c8)ccc7c6)ccc5c4)cc3)c3ccccc23)CC1. The van der Waals surface area contributed by atoms with Crippen molar-refractivity contribution in [2.75, 3.05) is 0 Å². The second kappa shape index (κ2) is 12.6. The summed E-state index contributed by atoms with van der Waals surface area (Å²) in [5.74, 6) is 0. The van der Waals surface area contributed by atoms with Gasteiger partial charge < -0.3 is 4.57 Å². The van der Waals surface area contributed by atoms with Gasteiger partial charge in [-0.15, -0.1) is 0 Å². The summed E-state index contributed by atoms with van der Waals surface area (Å²) in [5, 5.41) is 10.9. The highest BCUT2D eigenvalue weighted by Crippen LogP contribution is 2.38. The number of benzene rings is 9. The Kier molecular flexibility index (Phi) is 7.05. The van der Waals surface area contributed by atoms with Crippen LogP contribution in [0.5, 0.6) is 0 Å². The van der Waals surface area contributed by atoms with Gasteiger partial charge in [-0.05, 0) is 127 Å².